The fourth-order valence-corrected chi connectivity index (χ4v) is 1.53. The monoisotopic (exact) mass is 212 g/mol. The van der Waals surface area contributed by atoms with E-state index in [9.17, 15) is 0 Å². The van der Waals surface area contributed by atoms with Crippen molar-refractivity contribution in [3.63, 3.8) is 0 Å². The molecule has 0 spiro atoms. The zero-order chi connectivity index (χ0) is 11.3. The molecule has 0 aliphatic carbocycles. The summed E-state index contributed by atoms with van der Waals surface area (Å²) in [5, 5.41) is 7.32. The number of ether oxygens (including phenoxy) is 1. The molecule has 0 bridgehead atoms. The molecule has 0 amide bonds. The number of likely N-dealkylation sites (N-methyl/N-ethyl adjacent to an activating group) is 1. The average Bonchev–Trinajstić information content (AvgIpc) is 2.63. The van der Waals surface area contributed by atoms with Crippen LogP contribution in [0.3, 0.4) is 0 Å². The van der Waals surface area contributed by atoms with Gasteiger partial charge in [-0.3, -0.25) is 4.68 Å². The second kappa shape index (κ2) is 5.82. The molecule has 0 fully saturated rings. The van der Waals surface area contributed by atoms with Gasteiger partial charge in [-0.25, -0.2) is 4.98 Å². The second-order valence-electron chi connectivity index (χ2n) is 3.77. The van der Waals surface area contributed by atoms with Crippen LogP contribution in [0.25, 0.3) is 0 Å². The molecule has 0 aliphatic rings. The Hall–Kier alpha value is -0.940. The summed E-state index contributed by atoms with van der Waals surface area (Å²) in [5.41, 5.74) is 0. The van der Waals surface area contributed by atoms with Crippen molar-refractivity contribution in [3.05, 3.63) is 12.2 Å². The Bertz CT molecular complexity index is 287. The van der Waals surface area contributed by atoms with Crippen molar-refractivity contribution in [2.45, 2.75) is 31.9 Å². The molecule has 2 atom stereocenters. The van der Waals surface area contributed by atoms with Crippen molar-refractivity contribution in [2.75, 3.05) is 14.2 Å². The summed E-state index contributed by atoms with van der Waals surface area (Å²) in [6, 6.07) is 0.378. The quantitative estimate of drug-likeness (QED) is 0.740. The first-order chi connectivity index (χ1) is 7.17. The van der Waals surface area contributed by atoms with Crippen molar-refractivity contribution < 1.29 is 4.74 Å². The molecule has 1 N–H and O–H groups in total. The predicted molar refractivity (Wildman–Crippen MR) is 58.6 cm³/mol. The number of hydrogen-bond donors (Lipinski definition) is 1. The third kappa shape index (κ3) is 3.60. The number of aromatic nitrogens is 3. The zero-order valence-electron chi connectivity index (χ0n) is 9.90. The topological polar surface area (TPSA) is 52.0 Å². The Balaban J connectivity index is 2.50. The van der Waals surface area contributed by atoms with Gasteiger partial charge < -0.3 is 10.1 Å². The molecule has 5 nitrogen and oxygen atoms in total. The van der Waals surface area contributed by atoms with Crippen molar-refractivity contribution in [2.24, 2.45) is 7.05 Å². The van der Waals surface area contributed by atoms with Crippen LogP contribution in [-0.4, -0.2) is 41.1 Å². The van der Waals surface area contributed by atoms with Gasteiger partial charge >= 0.3 is 0 Å². The molecule has 1 rings (SSSR count). The van der Waals surface area contributed by atoms with Gasteiger partial charge in [-0.2, -0.15) is 5.10 Å². The van der Waals surface area contributed by atoms with Crippen molar-refractivity contribution in [1.82, 2.24) is 20.1 Å². The molecule has 0 aliphatic heterocycles. The van der Waals surface area contributed by atoms with Crippen LogP contribution in [0.4, 0.5) is 0 Å². The van der Waals surface area contributed by atoms with Gasteiger partial charge in [0.25, 0.3) is 0 Å². The fraction of sp³-hybridized carbons (Fsp3) is 0.800. The predicted octanol–water partition coefficient (Wildman–Crippen LogP) is 0.371. The highest BCUT2D eigenvalue weighted by atomic mass is 16.5. The van der Waals surface area contributed by atoms with Gasteiger partial charge in [0.1, 0.15) is 12.2 Å². The average molecular weight is 212 g/mol. The minimum Gasteiger partial charge on any atom is -0.382 e. The van der Waals surface area contributed by atoms with Crippen LogP contribution < -0.4 is 5.32 Å². The fourth-order valence-electron chi connectivity index (χ4n) is 1.53. The Kier molecular flexibility index (Phi) is 4.71. The number of nitrogens with one attached hydrogen (secondary N) is 1. The van der Waals surface area contributed by atoms with Crippen LogP contribution in [0.15, 0.2) is 6.33 Å². The van der Waals surface area contributed by atoms with E-state index in [2.05, 4.69) is 22.3 Å². The first kappa shape index (κ1) is 12.1. The third-order valence-electron chi connectivity index (χ3n) is 2.66. The zero-order valence-corrected chi connectivity index (χ0v) is 9.90. The molecule has 15 heavy (non-hydrogen) atoms. The van der Waals surface area contributed by atoms with Crippen LogP contribution in [0.1, 0.15) is 19.2 Å². The standard InChI is InChI=1S/C10H20N4O/c1-8(15-4)5-9(11-2)6-10-12-7-13-14(10)3/h7-9,11H,5-6H2,1-4H3. The summed E-state index contributed by atoms with van der Waals surface area (Å²) in [4.78, 5) is 4.21. The lowest BCUT2D eigenvalue weighted by atomic mass is 10.1. The number of methoxy groups -OCH3 is 1. The first-order valence-corrected chi connectivity index (χ1v) is 5.20. The summed E-state index contributed by atoms with van der Waals surface area (Å²) in [6.07, 6.45) is 3.69. The maximum absolute atomic E-state index is 5.25. The van der Waals surface area contributed by atoms with Gasteiger partial charge in [0.15, 0.2) is 0 Å². The van der Waals surface area contributed by atoms with E-state index in [0.29, 0.717) is 6.04 Å². The van der Waals surface area contributed by atoms with E-state index in [-0.39, 0.29) is 6.10 Å². The Morgan fingerprint density at radius 1 is 1.60 bits per heavy atom. The van der Waals surface area contributed by atoms with E-state index in [1.165, 1.54) is 0 Å². The normalized spacial score (nSPS) is 15.2. The molecular formula is C10H20N4O. The number of aryl methyl sites for hydroxylation is 1. The molecule has 86 valence electrons. The van der Waals surface area contributed by atoms with E-state index in [1.807, 2.05) is 18.8 Å². The smallest absolute Gasteiger partial charge is 0.138 e. The maximum atomic E-state index is 5.25. The lowest BCUT2D eigenvalue weighted by Crippen LogP contribution is -2.32. The highest BCUT2D eigenvalue weighted by Crippen LogP contribution is 2.06. The summed E-state index contributed by atoms with van der Waals surface area (Å²) in [5.74, 6) is 0.998. The summed E-state index contributed by atoms with van der Waals surface area (Å²) >= 11 is 0. The van der Waals surface area contributed by atoms with Gasteiger partial charge in [0, 0.05) is 26.6 Å². The number of rotatable bonds is 6. The number of nitrogens with zero attached hydrogens (tertiary/aromatic N) is 3. The molecule has 2 unspecified atom stereocenters. The van der Waals surface area contributed by atoms with E-state index in [0.717, 1.165) is 18.7 Å². The van der Waals surface area contributed by atoms with Crippen LogP contribution in [0.5, 0.6) is 0 Å². The summed E-state index contributed by atoms with van der Waals surface area (Å²) < 4.78 is 7.06. The molecule has 1 aromatic rings. The Labute approximate surface area is 90.8 Å². The van der Waals surface area contributed by atoms with E-state index < -0.39 is 0 Å². The molecule has 0 saturated heterocycles. The van der Waals surface area contributed by atoms with Gasteiger partial charge in [-0.15, -0.1) is 0 Å². The maximum Gasteiger partial charge on any atom is 0.138 e. The molecular weight excluding hydrogens is 192 g/mol. The highest BCUT2D eigenvalue weighted by molar-refractivity contribution is 4.89. The Morgan fingerprint density at radius 3 is 2.80 bits per heavy atom. The first-order valence-electron chi connectivity index (χ1n) is 5.20. The van der Waals surface area contributed by atoms with Crippen LogP contribution in [0.2, 0.25) is 0 Å². The summed E-state index contributed by atoms with van der Waals surface area (Å²) in [6.45, 7) is 2.07. The molecule has 5 heteroatoms. The van der Waals surface area contributed by atoms with Gasteiger partial charge in [0.05, 0.1) is 6.10 Å². The molecule has 0 radical (unpaired) electrons. The molecule has 1 heterocycles. The Morgan fingerprint density at radius 2 is 2.33 bits per heavy atom. The summed E-state index contributed by atoms with van der Waals surface area (Å²) in [7, 11) is 5.61. The highest BCUT2D eigenvalue weighted by Gasteiger charge is 2.14. The minimum absolute atomic E-state index is 0.260. The second-order valence-corrected chi connectivity index (χ2v) is 3.77. The van der Waals surface area contributed by atoms with E-state index in [4.69, 9.17) is 4.74 Å². The van der Waals surface area contributed by atoms with Crippen LogP contribution in [0, 0.1) is 0 Å². The van der Waals surface area contributed by atoms with Crippen molar-refractivity contribution in [3.8, 4) is 0 Å². The third-order valence-corrected chi connectivity index (χ3v) is 2.66. The van der Waals surface area contributed by atoms with Crippen molar-refractivity contribution in [1.29, 1.82) is 0 Å². The van der Waals surface area contributed by atoms with Crippen LogP contribution >= 0.6 is 0 Å². The number of hydrogen-bond acceptors (Lipinski definition) is 4. The minimum atomic E-state index is 0.260. The molecule has 1 aromatic heterocycles. The largest absolute Gasteiger partial charge is 0.382 e. The van der Waals surface area contributed by atoms with Crippen molar-refractivity contribution >= 4 is 0 Å². The lowest BCUT2D eigenvalue weighted by molar-refractivity contribution is 0.101. The van der Waals surface area contributed by atoms with E-state index in [1.54, 1.807) is 13.4 Å². The van der Waals surface area contributed by atoms with Crippen LogP contribution in [-0.2, 0) is 18.2 Å². The van der Waals surface area contributed by atoms with Gasteiger partial charge in [-0.05, 0) is 20.4 Å². The molecule has 0 saturated carbocycles. The molecule has 0 aromatic carbocycles. The lowest BCUT2D eigenvalue weighted by Gasteiger charge is -2.19. The van der Waals surface area contributed by atoms with E-state index >= 15 is 0 Å². The SMILES string of the molecule is CNC(Cc1ncnn1C)CC(C)OC. The van der Waals surface area contributed by atoms with Gasteiger partial charge in [0.2, 0.25) is 0 Å². The van der Waals surface area contributed by atoms with Gasteiger partial charge in [-0.1, -0.05) is 0 Å².